The second kappa shape index (κ2) is 3.56. The smallest absolute Gasteiger partial charge is 0.108 e. The van der Waals surface area contributed by atoms with Gasteiger partial charge in [-0.1, -0.05) is 36.4 Å². The summed E-state index contributed by atoms with van der Waals surface area (Å²) in [7, 11) is 0. The molecule has 1 aromatic carbocycles. The van der Waals surface area contributed by atoms with E-state index < -0.39 is 6.67 Å². The van der Waals surface area contributed by atoms with E-state index in [1.807, 2.05) is 24.3 Å². The maximum Gasteiger partial charge on any atom is 0.108 e. The van der Waals surface area contributed by atoms with E-state index in [-0.39, 0.29) is 5.92 Å². The van der Waals surface area contributed by atoms with Crippen LogP contribution >= 0.6 is 0 Å². The highest BCUT2D eigenvalue weighted by atomic mass is 19.1. The lowest BCUT2D eigenvalue weighted by Gasteiger charge is -2.03. The lowest BCUT2D eigenvalue weighted by Crippen LogP contribution is -1.88. The third kappa shape index (κ3) is 1.55. The van der Waals surface area contributed by atoms with Crippen molar-refractivity contribution in [2.45, 2.75) is 5.92 Å². The number of benzene rings is 1. The van der Waals surface area contributed by atoms with Gasteiger partial charge in [0, 0.05) is 5.92 Å². The van der Waals surface area contributed by atoms with Crippen molar-refractivity contribution < 1.29 is 4.39 Å². The zero-order valence-electron chi connectivity index (χ0n) is 7.20. The Hall–Kier alpha value is -1.37. The number of hydrogen-bond donors (Lipinski definition) is 0. The van der Waals surface area contributed by atoms with Gasteiger partial charge in [0.1, 0.15) is 6.67 Å². The Bertz CT molecular complexity index is 350. The fourth-order valence-corrected chi connectivity index (χ4v) is 1.58. The molecule has 0 bridgehead atoms. The molecule has 1 aliphatic rings. The van der Waals surface area contributed by atoms with Crippen molar-refractivity contribution in [3.8, 4) is 0 Å². The van der Waals surface area contributed by atoms with Crippen LogP contribution in [0.25, 0.3) is 6.08 Å². The van der Waals surface area contributed by atoms with Gasteiger partial charge >= 0.3 is 0 Å². The summed E-state index contributed by atoms with van der Waals surface area (Å²) in [6.45, 7) is -0.390. The van der Waals surface area contributed by atoms with E-state index in [0.717, 1.165) is 0 Å². The summed E-state index contributed by atoms with van der Waals surface area (Å²) < 4.78 is 11.9. The molecule has 0 saturated carbocycles. The molecule has 1 radical (unpaired) electrons. The molecule has 1 atom stereocenters. The first-order valence-corrected chi connectivity index (χ1v) is 4.32. The number of allylic oxidation sites excluding steroid dienone is 3. The van der Waals surface area contributed by atoms with Gasteiger partial charge in [-0.15, -0.1) is 0 Å². The highest BCUT2D eigenvalue weighted by Crippen LogP contribution is 2.30. The van der Waals surface area contributed by atoms with E-state index in [0.29, 0.717) is 0 Å². The summed E-state index contributed by atoms with van der Waals surface area (Å²) in [5.41, 5.74) is 2.43. The van der Waals surface area contributed by atoms with E-state index >= 15 is 0 Å². The minimum absolute atomic E-state index is 0.250. The molecule has 2 rings (SSSR count). The lowest BCUT2D eigenvalue weighted by atomic mass is 10.0. The van der Waals surface area contributed by atoms with Crippen LogP contribution in [0.1, 0.15) is 17.0 Å². The summed E-state index contributed by atoms with van der Waals surface area (Å²) in [6.07, 6.45) is 7.58. The molecular weight excluding hydrogens is 163 g/mol. The van der Waals surface area contributed by atoms with Crippen molar-refractivity contribution in [1.29, 1.82) is 0 Å². The SMILES string of the molecule is FC/C=C/C1C=Cc2c[c]ccc21. The van der Waals surface area contributed by atoms with Crippen molar-refractivity contribution >= 4 is 6.08 Å². The summed E-state index contributed by atoms with van der Waals surface area (Å²) in [4.78, 5) is 0. The van der Waals surface area contributed by atoms with Crippen LogP contribution in [0.4, 0.5) is 4.39 Å². The van der Waals surface area contributed by atoms with Crippen LogP contribution in [-0.4, -0.2) is 6.67 Å². The van der Waals surface area contributed by atoms with Crippen molar-refractivity contribution in [3.05, 3.63) is 53.6 Å². The Labute approximate surface area is 77.4 Å². The second-order valence-corrected chi connectivity index (χ2v) is 3.02. The van der Waals surface area contributed by atoms with Crippen molar-refractivity contribution in [3.63, 3.8) is 0 Å². The minimum atomic E-state index is -0.390. The van der Waals surface area contributed by atoms with Crippen LogP contribution < -0.4 is 0 Å². The quantitative estimate of drug-likeness (QED) is 0.603. The van der Waals surface area contributed by atoms with Gasteiger partial charge in [0.2, 0.25) is 0 Å². The first kappa shape index (κ1) is 8.24. The van der Waals surface area contributed by atoms with E-state index in [2.05, 4.69) is 18.2 Å². The van der Waals surface area contributed by atoms with Gasteiger partial charge in [-0.25, -0.2) is 4.39 Å². The lowest BCUT2D eigenvalue weighted by molar-refractivity contribution is 0.560. The van der Waals surface area contributed by atoms with Crippen LogP contribution in [0.2, 0.25) is 0 Å². The molecule has 0 fully saturated rings. The van der Waals surface area contributed by atoms with Crippen LogP contribution in [0, 0.1) is 6.07 Å². The first-order valence-electron chi connectivity index (χ1n) is 4.32. The summed E-state index contributed by atoms with van der Waals surface area (Å²) >= 11 is 0. The first-order chi connectivity index (χ1) is 6.42. The number of alkyl halides is 1. The largest absolute Gasteiger partial charge is 0.247 e. The average Bonchev–Trinajstić information content (AvgIpc) is 2.58. The molecule has 1 aromatic rings. The molecule has 0 N–H and O–H groups in total. The van der Waals surface area contributed by atoms with Gasteiger partial charge in [0.05, 0.1) is 0 Å². The predicted molar refractivity (Wildman–Crippen MR) is 52.2 cm³/mol. The van der Waals surface area contributed by atoms with Crippen molar-refractivity contribution in [2.24, 2.45) is 0 Å². The molecule has 1 heteroatoms. The zero-order chi connectivity index (χ0) is 9.10. The molecule has 0 saturated heterocycles. The molecular formula is C12H10F. The van der Waals surface area contributed by atoms with Crippen molar-refractivity contribution in [1.82, 2.24) is 0 Å². The Morgan fingerprint density at radius 1 is 1.54 bits per heavy atom. The Morgan fingerprint density at radius 3 is 3.31 bits per heavy atom. The van der Waals surface area contributed by atoms with E-state index in [9.17, 15) is 4.39 Å². The number of rotatable bonds is 2. The summed E-state index contributed by atoms with van der Waals surface area (Å²) in [5, 5.41) is 0. The van der Waals surface area contributed by atoms with Gasteiger partial charge in [-0.2, -0.15) is 0 Å². The molecule has 13 heavy (non-hydrogen) atoms. The fraction of sp³-hybridized carbons (Fsp3) is 0.167. The highest BCUT2D eigenvalue weighted by Gasteiger charge is 2.12. The average molecular weight is 173 g/mol. The third-order valence-corrected chi connectivity index (χ3v) is 2.21. The maximum absolute atomic E-state index is 11.9. The Kier molecular flexibility index (Phi) is 2.26. The molecule has 0 aliphatic heterocycles. The summed E-state index contributed by atoms with van der Waals surface area (Å²) in [5.74, 6) is 0.250. The van der Waals surface area contributed by atoms with Gasteiger partial charge in [0.15, 0.2) is 0 Å². The number of fused-ring (bicyclic) bond motifs is 1. The molecule has 1 unspecified atom stereocenters. The molecule has 0 nitrogen and oxygen atoms in total. The van der Waals surface area contributed by atoms with Crippen LogP contribution in [0.15, 0.2) is 36.4 Å². The van der Waals surface area contributed by atoms with Gasteiger partial charge in [-0.05, 0) is 23.3 Å². The Balaban J connectivity index is 2.28. The standard InChI is InChI=1S/C12H10F/c13-9-3-5-11-8-7-10-4-1-2-6-12(10)11/h2-8,11H,9H2/b5-3+. The van der Waals surface area contributed by atoms with Crippen LogP contribution in [0.5, 0.6) is 0 Å². The van der Waals surface area contributed by atoms with Gasteiger partial charge in [-0.3, -0.25) is 0 Å². The third-order valence-electron chi connectivity index (χ3n) is 2.21. The number of halogens is 1. The normalized spacial score (nSPS) is 19.6. The molecule has 1 aliphatic carbocycles. The topological polar surface area (TPSA) is 0 Å². The van der Waals surface area contributed by atoms with Crippen molar-refractivity contribution in [2.75, 3.05) is 6.67 Å². The predicted octanol–water partition coefficient (Wildman–Crippen LogP) is 3.12. The van der Waals surface area contributed by atoms with E-state index in [4.69, 9.17) is 0 Å². The van der Waals surface area contributed by atoms with E-state index in [1.165, 1.54) is 11.1 Å². The molecule has 0 heterocycles. The summed E-state index contributed by atoms with van der Waals surface area (Å²) in [6, 6.07) is 8.89. The van der Waals surface area contributed by atoms with E-state index in [1.54, 1.807) is 6.08 Å². The van der Waals surface area contributed by atoms with Crippen LogP contribution in [0.3, 0.4) is 0 Å². The fourth-order valence-electron chi connectivity index (χ4n) is 1.58. The van der Waals surface area contributed by atoms with Crippen LogP contribution in [-0.2, 0) is 0 Å². The van der Waals surface area contributed by atoms with Gasteiger partial charge < -0.3 is 0 Å². The molecule has 0 spiro atoms. The monoisotopic (exact) mass is 173 g/mol. The maximum atomic E-state index is 11.9. The zero-order valence-corrected chi connectivity index (χ0v) is 7.20. The molecule has 0 aromatic heterocycles. The Morgan fingerprint density at radius 2 is 2.46 bits per heavy atom. The highest BCUT2D eigenvalue weighted by molar-refractivity contribution is 5.63. The second-order valence-electron chi connectivity index (χ2n) is 3.02. The molecule has 65 valence electrons. The minimum Gasteiger partial charge on any atom is -0.247 e. The number of hydrogen-bond acceptors (Lipinski definition) is 0. The van der Waals surface area contributed by atoms with Gasteiger partial charge in [0.25, 0.3) is 0 Å². The molecule has 0 amide bonds.